The fraction of sp³-hybridized carbons (Fsp3) is 0.250. The molecule has 0 saturated heterocycles. The number of halogens is 4. The first-order chi connectivity index (χ1) is 6.49. The zero-order valence-electron chi connectivity index (χ0n) is 6.90. The van der Waals surface area contributed by atoms with Crippen molar-refractivity contribution in [3.63, 3.8) is 0 Å². The van der Waals surface area contributed by atoms with E-state index in [4.69, 9.17) is 5.73 Å². The van der Waals surface area contributed by atoms with Crippen LogP contribution in [0.25, 0.3) is 0 Å². The second kappa shape index (κ2) is 4.18. The zero-order chi connectivity index (χ0) is 10.9. The lowest BCUT2D eigenvalue weighted by Crippen LogP contribution is -2.15. The molecule has 14 heavy (non-hydrogen) atoms. The molecule has 0 fully saturated rings. The first-order valence-electron chi connectivity index (χ1n) is 3.67. The van der Waals surface area contributed by atoms with Gasteiger partial charge in [0.1, 0.15) is 12.4 Å². The van der Waals surface area contributed by atoms with Gasteiger partial charge >= 0.3 is 0 Å². The van der Waals surface area contributed by atoms with Crippen molar-refractivity contribution in [3.8, 4) is 5.75 Å². The summed E-state index contributed by atoms with van der Waals surface area (Å²) in [6.07, 6.45) is 0. The molecule has 78 valence electrons. The van der Waals surface area contributed by atoms with Gasteiger partial charge in [-0.2, -0.15) is 0 Å². The third kappa shape index (κ3) is 1.85. The van der Waals surface area contributed by atoms with Gasteiger partial charge in [0.25, 0.3) is 0 Å². The Bertz CT molecular complexity index is 333. The summed E-state index contributed by atoms with van der Waals surface area (Å²) in [4.78, 5) is 0. The van der Waals surface area contributed by atoms with E-state index in [2.05, 4.69) is 15.9 Å². The van der Waals surface area contributed by atoms with E-state index in [1.54, 1.807) is 0 Å². The summed E-state index contributed by atoms with van der Waals surface area (Å²) < 4.78 is 38.0. The minimum atomic E-state index is -1.37. The van der Waals surface area contributed by atoms with Crippen molar-refractivity contribution in [1.82, 2.24) is 0 Å². The van der Waals surface area contributed by atoms with Crippen LogP contribution in [0.3, 0.4) is 0 Å². The van der Waals surface area contributed by atoms with Gasteiger partial charge in [-0.1, -0.05) is 0 Å². The molecular formula is C8H7BrF3NO. The van der Waals surface area contributed by atoms with Crippen LogP contribution in [0.15, 0.2) is 10.5 Å². The lowest BCUT2D eigenvalue weighted by atomic mass is 10.1. The van der Waals surface area contributed by atoms with E-state index in [0.717, 1.165) is 6.07 Å². The van der Waals surface area contributed by atoms with E-state index in [-0.39, 0.29) is 4.47 Å². The van der Waals surface area contributed by atoms with E-state index in [1.807, 2.05) is 0 Å². The first kappa shape index (κ1) is 11.3. The fourth-order valence-electron chi connectivity index (χ4n) is 1.02. The molecule has 1 aromatic rings. The highest BCUT2D eigenvalue weighted by molar-refractivity contribution is 9.10. The number of hydrogen-bond acceptors (Lipinski definition) is 2. The van der Waals surface area contributed by atoms with Gasteiger partial charge in [-0.15, -0.1) is 0 Å². The highest BCUT2D eigenvalue weighted by atomic mass is 79.9. The minimum Gasteiger partial charge on any atom is -0.506 e. The predicted octanol–water partition coefficient (Wildman–Crippen LogP) is 2.40. The van der Waals surface area contributed by atoms with Gasteiger partial charge in [-0.05, 0) is 22.0 Å². The molecule has 6 heteroatoms. The lowest BCUT2D eigenvalue weighted by molar-refractivity contribution is 0.389. The zero-order valence-corrected chi connectivity index (χ0v) is 8.48. The molecule has 0 aliphatic rings. The number of rotatable bonds is 2. The van der Waals surface area contributed by atoms with Crippen LogP contribution in [0.4, 0.5) is 13.2 Å². The second-order valence-corrected chi connectivity index (χ2v) is 3.53. The number of hydrogen-bond donors (Lipinski definition) is 2. The largest absolute Gasteiger partial charge is 0.506 e. The van der Waals surface area contributed by atoms with E-state index in [0.29, 0.717) is 0 Å². The highest BCUT2D eigenvalue weighted by Crippen LogP contribution is 2.34. The van der Waals surface area contributed by atoms with E-state index >= 15 is 0 Å². The first-order valence-corrected chi connectivity index (χ1v) is 4.46. The van der Waals surface area contributed by atoms with Gasteiger partial charge < -0.3 is 10.8 Å². The smallest absolute Gasteiger partial charge is 0.167 e. The number of benzene rings is 1. The van der Waals surface area contributed by atoms with Gasteiger partial charge in [0.2, 0.25) is 0 Å². The van der Waals surface area contributed by atoms with Crippen molar-refractivity contribution in [1.29, 1.82) is 0 Å². The number of aromatic hydroxyl groups is 1. The molecule has 0 aromatic heterocycles. The van der Waals surface area contributed by atoms with Crippen molar-refractivity contribution < 1.29 is 18.3 Å². The van der Waals surface area contributed by atoms with E-state index < -0.39 is 35.7 Å². The Morgan fingerprint density at radius 1 is 1.50 bits per heavy atom. The maximum atomic E-state index is 13.1. The summed E-state index contributed by atoms with van der Waals surface area (Å²) in [5.41, 5.74) is 4.62. The summed E-state index contributed by atoms with van der Waals surface area (Å²) in [7, 11) is 0. The number of phenolic OH excluding ortho intramolecular Hbond substituents is 1. The van der Waals surface area contributed by atoms with Crippen molar-refractivity contribution >= 4 is 15.9 Å². The number of alkyl halides is 1. The van der Waals surface area contributed by atoms with Crippen molar-refractivity contribution in [2.75, 3.05) is 6.67 Å². The van der Waals surface area contributed by atoms with Crippen molar-refractivity contribution in [2.45, 2.75) is 6.04 Å². The average Bonchev–Trinajstić information content (AvgIpc) is 2.15. The Morgan fingerprint density at radius 3 is 2.57 bits per heavy atom. The quantitative estimate of drug-likeness (QED) is 0.810. The molecule has 2 nitrogen and oxygen atoms in total. The summed E-state index contributed by atoms with van der Waals surface area (Å²) >= 11 is 2.79. The van der Waals surface area contributed by atoms with Gasteiger partial charge in [-0.3, -0.25) is 0 Å². The molecule has 1 atom stereocenters. The summed E-state index contributed by atoms with van der Waals surface area (Å²) in [5.74, 6) is -3.08. The molecule has 0 amide bonds. The summed E-state index contributed by atoms with van der Waals surface area (Å²) in [6, 6.07) is -0.624. The minimum absolute atomic E-state index is 0.0599. The Hall–Kier alpha value is -0.750. The maximum Gasteiger partial charge on any atom is 0.167 e. The van der Waals surface area contributed by atoms with Crippen molar-refractivity contribution in [3.05, 3.63) is 27.7 Å². The number of nitrogens with two attached hydrogens (primary N) is 1. The molecular weight excluding hydrogens is 263 g/mol. The Balaban J connectivity index is 3.39. The molecule has 0 aliphatic carbocycles. The second-order valence-electron chi connectivity index (χ2n) is 2.68. The van der Waals surface area contributed by atoms with Crippen LogP contribution in [-0.4, -0.2) is 11.8 Å². The van der Waals surface area contributed by atoms with E-state index in [1.165, 1.54) is 0 Å². The normalized spacial score (nSPS) is 12.9. The van der Waals surface area contributed by atoms with Crippen LogP contribution in [-0.2, 0) is 0 Å². The topological polar surface area (TPSA) is 46.2 Å². The van der Waals surface area contributed by atoms with Gasteiger partial charge in [-0.25, -0.2) is 13.2 Å². The molecule has 0 aliphatic heterocycles. The monoisotopic (exact) mass is 269 g/mol. The van der Waals surface area contributed by atoms with Crippen LogP contribution in [0.2, 0.25) is 0 Å². The average molecular weight is 270 g/mol. The molecule has 1 aromatic carbocycles. The molecule has 0 unspecified atom stereocenters. The van der Waals surface area contributed by atoms with Gasteiger partial charge in [0.15, 0.2) is 11.6 Å². The molecule has 0 heterocycles. The predicted molar refractivity (Wildman–Crippen MR) is 48.6 cm³/mol. The van der Waals surface area contributed by atoms with Crippen LogP contribution in [0.5, 0.6) is 5.75 Å². The van der Waals surface area contributed by atoms with Crippen LogP contribution in [0, 0.1) is 11.6 Å². The number of phenols is 1. The fourth-order valence-corrected chi connectivity index (χ4v) is 1.43. The van der Waals surface area contributed by atoms with Crippen molar-refractivity contribution in [2.24, 2.45) is 5.73 Å². The molecule has 0 saturated carbocycles. The Labute approximate surface area is 86.7 Å². The van der Waals surface area contributed by atoms with Crippen LogP contribution < -0.4 is 5.73 Å². The third-order valence-corrected chi connectivity index (χ3v) is 2.32. The Kier molecular flexibility index (Phi) is 3.38. The molecule has 1 rings (SSSR count). The molecule has 0 spiro atoms. The van der Waals surface area contributed by atoms with Crippen LogP contribution in [0.1, 0.15) is 11.6 Å². The maximum absolute atomic E-state index is 13.1. The Morgan fingerprint density at radius 2 is 2.07 bits per heavy atom. The highest BCUT2D eigenvalue weighted by Gasteiger charge is 2.22. The van der Waals surface area contributed by atoms with E-state index in [9.17, 15) is 18.3 Å². The van der Waals surface area contributed by atoms with Crippen LogP contribution >= 0.6 is 15.9 Å². The van der Waals surface area contributed by atoms with Gasteiger partial charge in [0.05, 0.1) is 16.1 Å². The molecule has 0 bridgehead atoms. The summed E-state index contributed by atoms with van der Waals surface area (Å²) in [5, 5.41) is 9.30. The van der Waals surface area contributed by atoms with Gasteiger partial charge in [0, 0.05) is 0 Å². The lowest BCUT2D eigenvalue weighted by Gasteiger charge is -2.12. The third-order valence-electron chi connectivity index (χ3n) is 1.72. The molecule has 0 radical (unpaired) electrons. The standard InChI is InChI=1S/C8H7BrF3NO/c9-3-1-4(11)7(12)6(8(3)14)5(13)2-10/h1,5,14H,2,13H2/t5-/m1/s1. The SMILES string of the molecule is N[C@H](CF)c1c(O)c(Br)cc(F)c1F. The molecule has 3 N–H and O–H groups in total. The summed E-state index contributed by atoms with van der Waals surface area (Å²) in [6.45, 7) is -1.08.